The maximum absolute atomic E-state index is 12.0. The Bertz CT molecular complexity index is 619. The van der Waals surface area contributed by atoms with Crippen LogP contribution in [0.3, 0.4) is 0 Å². The molecule has 1 atom stereocenters. The van der Waals surface area contributed by atoms with Crippen molar-refractivity contribution in [3.05, 3.63) is 69.2 Å². The zero-order valence-electron chi connectivity index (χ0n) is 11.2. The van der Waals surface area contributed by atoms with Crippen LogP contribution in [-0.4, -0.2) is 23.7 Å². The normalized spacial score (nSPS) is 12.0. The maximum Gasteiger partial charge on any atom is 0.252 e. The summed E-state index contributed by atoms with van der Waals surface area (Å²) in [7, 11) is 0. The first-order chi connectivity index (χ1) is 10.1. The number of aliphatic hydroxyl groups is 1. The van der Waals surface area contributed by atoms with Gasteiger partial charge in [0.1, 0.15) is 0 Å². The molecule has 0 aliphatic heterocycles. The lowest BCUT2D eigenvalue weighted by Gasteiger charge is -2.12. The first-order valence-electron chi connectivity index (χ1n) is 6.51. The van der Waals surface area contributed by atoms with E-state index < -0.39 is 6.10 Å². The molecule has 0 aliphatic rings. The molecule has 0 aromatic heterocycles. The molecule has 1 unspecified atom stereocenters. The third-order valence-electron chi connectivity index (χ3n) is 2.99. The Hall–Kier alpha value is -1.36. The minimum absolute atomic E-state index is 0.177. The topological polar surface area (TPSA) is 49.3 Å². The van der Waals surface area contributed by atoms with E-state index >= 15 is 0 Å². The molecule has 2 N–H and O–H groups in total. The lowest BCUT2D eigenvalue weighted by atomic mass is 10.1. The van der Waals surface area contributed by atoms with Gasteiger partial charge in [-0.05, 0) is 23.8 Å². The summed E-state index contributed by atoms with van der Waals surface area (Å²) in [4.78, 5) is 12.0. The van der Waals surface area contributed by atoms with E-state index in [4.69, 9.17) is 11.6 Å². The number of hydrogen-bond acceptors (Lipinski definition) is 2. The third-order valence-corrected chi connectivity index (χ3v) is 3.81. The number of aliphatic hydroxyl groups excluding tert-OH is 1. The van der Waals surface area contributed by atoms with E-state index in [2.05, 4.69) is 21.2 Å². The number of benzene rings is 2. The number of carbonyl (C=O) groups excluding carboxylic acids is 1. The largest absolute Gasteiger partial charge is 0.391 e. The molecule has 110 valence electrons. The van der Waals surface area contributed by atoms with E-state index in [1.165, 1.54) is 0 Å². The van der Waals surface area contributed by atoms with E-state index in [1.807, 2.05) is 30.3 Å². The van der Waals surface area contributed by atoms with Gasteiger partial charge in [-0.2, -0.15) is 0 Å². The van der Waals surface area contributed by atoms with Crippen LogP contribution in [-0.2, 0) is 6.42 Å². The molecular formula is C16H15BrClNO2. The van der Waals surface area contributed by atoms with Crippen LogP contribution in [0.15, 0.2) is 53.0 Å². The minimum atomic E-state index is -0.637. The van der Waals surface area contributed by atoms with Gasteiger partial charge in [0.05, 0.1) is 16.7 Å². The van der Waals surface area contributed by atoms with Gasteiger partial charge in [0.15, 0.2) is 0 Å². The number of carbonyl (C=O) groups is 1. The molecule has 2 aromatic rings. The van der Waals surface area contributed by atoms with Crippen molar-refractivity contribution in [1.82, 2.24) is 5.32 Å². The van der Waals surface area contributed by atoms with Crippen molar-refractivity contribution < 1.29 is 9.90 Å². The van der Waals surface area contributed by atoms with Crippen molar-refractivity contribution >= 4 is 33.4 Å². The van der Waals surface area contributed by atoms with Gasteiger partial charge in [-0.3, -0.25) is 4.79 Å². The smallest absolute Gasteiger partial charge is 0.252 e. The molecule has 2 aromatic carbocycles. The standard InChI is InChI=1S/C16H15BrClNO2/c17-12-6-7-15(18)14(9-12)16(21)19-10-13(20)8-11-4-2-1-3-5-11/h1-7,9,13,20H,8,10H2,(H,19,21). The van der Waals surface area contributed by atoms with Crippen LogP contribution in [0.1, 0.15) is 15.9 Å². The summed E-state index contributed by atoms with van der Waals surface area (Å²) in [5.74, 6) is -0.298. The highest BCUT2D eigenvalue weighted by atomic mass is 79.9. The summed E-state index contributed by atoms with van der Waals surface area (Å²) in [6.07, 6.45) is -0.143. The van der Waals surface area contributed by atoms with Crippen molar-refractivity contribution in [2.45, 2.75) is 12.5 Å². The highest BCUT2D eigenvalue weighted by Crippen LogP contribution is 2.20. The first-order valence-corrected chi connectivity index (χ1v) is 7.68. The van der Waals surface area contributed by atoms with E-state index in [0.29, 0.717) is 17.0 Å². The average molecular weight is 369 g/mol. The lowest BCUT2D eigenvalue weighted by Crippen LogP contribution is -2.33. The summed E-state index contributed by atoms with van der Waals surface area (Å²) < 4.78 is 0.780. The number of amides is 1. The minimum Gasteiger partial charge on any atom is -0.391 e. The van der Waals surface area contributed by atoms with Gasteiger partial charge in [-0.25, -0.2) is 0 Å². The summed E-state index contributed by atoms with van der Waals surface area (Å²) in [5.41, 5.74) is 1.41. The van der Waals surface area contributed by atoms with Crippen LogP contribution in [0.4, 0.5) is 0 Å². The molecule has 0 radical (unpaired) electrons. The highest BCUT2D eigenvalue weighted by Gasteiger charge is 2.13. The summed E-state index contributed by atoms with van der Waals surface area (Å²) in [6.45, 7) is 0.177. The van der Waals surface area contributed by atoms with Gasteiger partial charge in [0, 0.05) is 17.4 Å². The van der Waals surface area contributed by atoms with E-state index in [0.717, 1.165) is 10.0 Å². The first kappa shape index (κ1) is 16.0. The predicted molar refractivity (Wildman–Crippen MR) is 87.6 cm³/mol. The van der Waals surface area contributed by atoms with E-state index in [1.54, 1.807) is 18.2 Å². The van der Waals surface area contributed by atoms with Gasteiger partial charge in [0.2, 0.25) is 0 Å². The van der Waals surface area contributed by atoms with Crippen LogP contribution >= 0.6 is 27.5 Å². The number of nitrogens with one attached hydrogen (secondary N) is 1. The fraction of sp³-hybridized carbons (Fsp3) is 0.188. The highest BCUT2D eigenvalue weighted by molar-refractivity contribution is 9.10. The van der Waals surface area contributed by atoms with Crippen molar-refractivity contribution in [3.63, 3.8) is 0 Å². The predicted octanol–water partition coefficient (Wildman–Crippen LogP) is 3.44. The van der Waals surface area contributed by atoms with E-state index in [-0.39, 0.29) is 12.5 Å². The van der Waals surface area contributed by atoms with Crippen LogP contribution in [0.25, 0.3) is 0 Å². The average Bonchev–Trinajstić information content (AvgIpc) is 2.48. The van der Waals surface area contributed by atoms with Crippen molar-refractivity contribution in [3.8, 4) is 0 Å². The Balaban J connectivity index is 1.90. The molecule has 1 amide bonds. The van der Waals surface area contributed by atoms with Gasteiger partial charge < -0.3 is 10.4 Å². The maximum atomic E-state index is 12.0. The van der Waals surface area contributed by atoms with Crippen LogP contribution in [0, 0.1) is 0 Å². The fourth-order valence-electron chi connectivity index (χ4n) is 1.94. The molecule has 21 heavy (non-hydrogen) atoms. The van der Waals surface area contributed by atoms with Gasteiger partial charge in [0.25, 0.3) is 5.91 Å². The van der Waals surface area contributed by atoms with Crippen molar-refractivity contribution in [1.29, 1.82) is 0 Å². The molecule has 5 heteroatoms. The lowest BCUT2D eigenvalue weighted by molar-refractivity contribution is 0.0916. The fourth-order valence-corrected chi connectivity index (χ4v) is 2.50. The third kappa shape index (κ3) is 4.84. The molecule has 0 saturated heterocycles. The zero-order chi connectivity index (χ0) is 15.2. The second-order valence-corrected chi connectivity index (χ2v) is 6.00. The molecular weight excluding hydrogens is 354 g/mol. The van der Waals surface area contributed by atoms with Crippen LogP contribution in [0.2, 0.25) is 5.02 Å². The van der Waals surface area contributed by atoms with Gasteiger partial charge in [-0.1, -0.05) is 57.9 Å². The Kier molecular flexibility index (Phi) is 5.79. The molecule has 0 fully saturated rings. The van der Waals surface area contributed by atoms with Gasteiger partial charge >= 0.3 is 0 Å². The number of halogens is 2. The number of hydrogen-bond donors (Lipinski definition) is 2. The second-order valence-electron chi connectivity index (χ2n) is 4.68. The SMILES string of the molecule is O=C(NCC(O)Cc1ccccc1)c1cc(Br)ccc1Cl. The molecule has 0 spiro atoms. The Morgan fingerprint density at radius 2 is 1.95 bits per heavy atom. The zero-order valence-corrected chi connectivity index (χ0v) is 13.6. The van der Waals surface area contributed by atoms with E-state index in [9.17, 15) is 9.90 Å². The molecule has 3 nitrogen and oxygen atoms in total. The Morgan fingerprint density at radius 3 is 2.67 bits per heavy atom. The Labute approximate surface area is 137 Å². The summed E-state index contributed by atoms with van der Waals surface area (Å²) in [5, 5.41) is 13.0. The molecule has 2 rings (SSSR count). The van der Waals surface area contributed by atoms with Crippen molar-refractivity contribution in [2.24, 2.45) is 0 Å². The summed E-state index contributed by atoms with van der Waals surface area (Å²) in [6, 6.07) is 14.7. The Morgan fingerprint density at radius 1 is 1.24 bits per heavy atom. The monoisotopic (exact) mass is 367 g/mol. The van der Waals surface area contributed by atoms with Crippen LogP contribution < -0.4 is 5.32 Å². The summed E-state index contributed by atoms with van der Waals surface area (Å²) >= 11 is 9.29. The quantitative estimate of drug-likeness (QED) is 0.849. The molecule has 0 bridgehead atoms. The second kappa shape index (κ2) is 7.59. The van der Waals surface area contributed by atoms with Crippen LogP contribution in [0.5, 0.6) is 0 Å². The molecule has 0 heterocycles. The molecule has 0 aliphatic carbocycles. The molecule has 0 saturated carbocycles. The van der Waals surface area contributed by atoms with Crippen molar-refractivity contribution in [2.75, 3.05) is 6.54 Å². The number of rotatable bonds is 5. The van der Waals surface area contributed by atoms with Gasteiger partial charge in [-0.15, -0.1) is 0 Å².